The van der Waals surface area contributed by atoms with Gasteiger partial charge in [-0.3, -0.25) is 9.59 Å². The minimum Gasteiger partial charge on any atom is -0.394 e. The number of hydrogen-bond donors (Lipinski definition) is 3. The van der Waals surface area contributed by atoms with Gasteiger partial charge in [0.15, 0.2) is 0 Å². The van der Waals surface area contributed by atoms with E-state index in [1.54, 1.807) is 13.8 Å². The summed E-state index contributed by atoms with van der Waals surface area (Å²) in [5.74, 6) is 0.345. The molecule has 122 valence electrons. The molecule has 3 N–H and O–H groups in total. The van der Waals surface area contributed by atoms with Gasteiger partial charge in [0.05, 0.1) is 12.6 Å². The summed E-state index contributed by atoms with van der Waals surface area (Å²) in [7, 11) is 0. The molecule has 1 heterocycles. The summed E-state index contributed by atoms with van der Waals surface area (Å²) in [5, 5.41) is 12.2. The lowest BCUT2D eigenvalue weighted by molar-refractivity contribution is -0.122. The highest BCUT2D eigenvalue weighted by atomic mass is 16.3. The van der Waals surface area contributed by atoms with E-state index in [1.807, 2.05) is 30.3 Å². The van der Waals surface area contributed by atoms with Gasteiger partial charge in [-0.1, -0.05) is 30.3 Å². The van der Waals surface area contributed by atoms with Crippen molar-refractivity contribution in [1.29, 1.82) is 0 Å². The number of rotatable bonds is 6. The van der Waals surface area contributed by atoms with Crippen LogP contribution in [0.2, 0.25) is 0 Å². The quantitative estimate of drug-likeness (QED) is 0.745. The second kappa shape index (κ2) is 7.69. The third kappa shape index (κ3) is 4.50. The van der Waals surface area contributed by atoms with Crippen molar-refractivity contribution in [2.24, 2.45) is 0 Å². The number of H-pyrrole nitrogens is 1. The van der Waals surface area contributed by atoms with Gasteiger partial charge in [-0.2, -0.15) is 0 Å². The molecular formula is C17H21N3O3. The minimum atomic E-state index is -0.445. The number of carbonyl (C=O) groups excluding carboxylic acids is 1. The van der Waals surface area contributed by atoms with E-state index < -0.39 is 6.04 Å². The van der Waals surface area contributed by atoms with Gasteiger partial charge in [-0.25, -0.2) is 4.98 Å². The van der Waals surface area contributed by atoms with Crippen molar-refractivity contribution >= 4 is 5.91 Å². The molecule has 0 spiro atoms. The number of aromatic amines is 1. The number of carbonyl (C=O) groups is 1. The van der Waals surface area contributed by atoms with Crippen LogP contribution < -0.4 is 10.9 Å². The van der Waals surface area contributed by atoms with Gasteiger partial charge in [0, 0.05) is 17.7 Å². The maximum Gasteiger partial charge on any atom is 0.254 e. The van der Waals surface area contributed by atoms with E-state index in [-0.39, 0.29) is 24.5 Å². The topological polar surface area (TPSA) is 95.1 Å². The lowest BCUT2D eigenvalue weighted by atomic mass is 10.1. The lowest BCUT2D eigenvalue weighted by Crippen LogP contribution is -2.31. The first-order chi connectivity index (χ1) is 11.0. The van der Waals surface area contributed by atoms with Crippen LogP contribution in [0.5, 0.6) is 0 Å². The van der Waals surface area contributed by atoms with Crippen LogP contribution >= 0.6 is 0 Å². The number of aromatic nitrogens is 2. The number of nitrogens with one attached hydrogen (secondary N) is 2. The molecule has 0 saturated carbocycles. The predicted molar refractivity (Wildman–Crippen MR) is 87.1 cm³/mol. The van der Waals surface area contributed by atoms with Crippen LogP contribution in [0.1, 0.15) is 35.1 Å². The Balaban J connectivity index is 1.99. The number of hydrogen-bond acceptors (Lipinski definition) is 4. The Hall–Kier alpha value is -2.47. The van der Waals surface area contributed by atoms with Gasteiger partial charge in [0.2, 0.25) is 5.91 Å². The van der Waals surface area contributed by atoms with Crippen LogP contribution in [0, 0.1) is 13.8 Å². The molecule has 23 heavy (non-hydrogen) atoms. The summed E-state index contributed by atoms with van der Waals surface area (Å²) in [6, 6.07) is 8.83. The number of aliphatic hydroxyl groups is 1. The SMILES string of the molecule is Cc1nc(C)c(CCC(=O)N[C@H](CO)c2ccccc2)c(=O)[nH]1. The molecule has 2 rings (SSSR count). The Kier molecular flexibility index (Phi) is 5.65. The molecule has 0 aliphatic carbocycles. The van der Waals surface area contributed by atoms with Gasteiger partial charge in [0.25, 0.3) is 5.56 Å². The molecule has 0 aliphatic rings. The van der Waals surface area contributed by atoms with Crippen LogP contribution in [0.3, 0.4) is 0 Å². The zero-order chi connectivity index (χ0) is 16.8. The summed E-state index contributed by atoms with van der Waals surface area (Å²) in [6.45, 7) is 3.30. The average Bonchev–Trinajstić information content (AvgIpc) is 2.52. The number of aliphatic hydroxyl groups excluding tert-OH is 1. The Morgan fingerprint density at radius 2 is 2.00 bits per heavy atom. The van der Waals surface area contributed by atoms with Crippen LogP contribution in [-0.4, -0.2) is 27.6 Å². The Morgan fingerprint density at radius 1 is 1.30 bits per heavy atom. The highest BCUT2D eigenvalue weighted by Crippen LogP contribution is 2.12. The van der Waals surface area contributed by atoms with Crippen LogP contribution in [0.15, 0.2) is 35.1 Å². The Bertz CT molecular complexity index is 726. The fourth-order valence-electron chi connectivity index (χ4n) is 2.47. The molecule has 0 fully saturated rings. The van der Waals surface area contributed by atoms with E-state index in [4.69, 9.17) is 0 Å². The van der Waals surface area contributed by atoms with Crippen molar-refractivity contribution in [2.45, 2.75) is 32.7 Å². The van der Waals surface area contributed by atoms with Crippen molar-refractivity contribution in [3.05, 3.63) is 63.3 Å². The number of aryl methyl sites for hydroxylation is 2. The zero-order valence-corrected chi connectivity index (χ0v) is 13.3. The summed E-state index contributed by atoms with van der Waals surface area (Å²) in [5.41, 5.74) is 1.80. The Labute approximate surface area is 134 Å². The summed E-state index contributed by atoms with van der Waals surface area (Å²) >= 11 is 0. The largest absolute Gasteiger partial charge is 0.394 e. The molecule has 1 amide bonds. The van der Waals surface area contributed by atoms with Crippen molar-refractivity contribution in [3.63, 3.8) is 0 Å². The summed E-state index contributed by atoms with van der Waals surface area (Å²) in [4.78, 5) is 30.9. The molecule has 2 aromatic rings. The molecule has 1 atom stereocenters. The minimum absolute atomic E-state index is 0.165. The average molecular weight is 315 g/mol. The number of nitrogens with zero attached hydrogens (tertiary/aromatic N) is 1. The van der Waals surface area contributed by atoms with E-state index in [1.165, 1.54) is 0 Å². The van der Waals surface area contributed by atoms with Crippen molar-refractivity contribution in [1.82, 2.24) is 15.3 Å². The molecule has 0 unspecified atom stereocenters. The number of amides is 1. The summed E-state index contributed by atoms with van der Waals surface area (Å²) < 4.78 is 0. The van der Waals surface area contributed by atoms with Crippen molar-refractivity contribution in [3.8, 4) is 0 Å². The maximum atomic E-state index is 12.1. The Morgan fingerprint density at radius 3 is 2.61 bits per heavy atom. The lowest BCUT2D eigenvalue weighted by Gasteiger charge is -2.16. The van der Waals surface area contributed by atoms with Gasteiger partial charge in [0.1, 0.15) is 5.82 Å². The van der Waals surface area contributed by atoms with Gasteiger partial charge < -0.3 is 15.4 Å². The molecule has 0 radical (unpaired) electrons. The first kappa shape index (κ1) is 16.9. The monoisotopic (exact) mass is 315 g/mol. The molecule has 0 saturated heterocycles. The van der Waals surface area contributed by atoms with Crippen LogP contribution in [-0.2, 0) is 11.2 Å². The molecule has 6 nitrogen and oxygen atoms in total. The predicted octanol–water partition coefficient (Wildman–Crippen LogP) is 1.17. The molecule has 0 bridgehead atoms. The standard InChI is InChI=1S/C17H21N3O3/c1-11-14(17(23)19-12(2)18-11)8-9-16(22)20-15(10-21)13-6-4-3-5-7-13/h3-7,15,21H,8-10H2,1-2H3,(H,20,22)(H,18,19,23)/t15-/m1/s1. The normalized spacial score (nSPS) is 12.0. The van der Waals surface area contributed by atoms with Gasteiger partial charge >= 0.3 is 0 Å². The van der Waals surface area contributed by atoms with Gasteiger partial charge in [-0.05, 0) is 25.8 Å². The van der Waals surface area contributed by atoms with E-state index in [0.29, 0.717) is 23.5 Å². The first-order valence-corrected chi connectivity index (χ1v) is 7.53. The van der Waals surface area contributed by atoms with E-state index in [2.05, 4.69) is 15.3 Å². The fraction of sp³-hybridized carbons (Fsp3) is 0.353. The highest BCUT2D eigenvalue weighted by molar-refractivity contribution is 5.76. The van der Waals surface area contributed by atoms with E-state index >= 15 is 0 Å². The molecular weight excluding hydrogens is 294 g/mol. The van der Waals surface area contributed by atoms with E-state index in [9.17, 15) is 14.7 Å². The fourth-order valence-corrected chi connectivity index (χ4v) is 2.47. The maximum absolute atomic E-state index is 12.1. The third-order valence-corrected chi connectivity index (χ3v) is 3.66. The second-order valence-electron chi connectivity index (χ2n) is 5.43. The van der Waals surface area contributed by atoms with Crippen molar-refractivity contribution in [2.75, 3.05) is 6.61 Å². The molecule has 6 heteroatoms. The van der Waals surface area contributed by atoms with Gasteiger partial charge in [-0.15, -0.1) is 0 Å². The summed E-state index contributed by atoms with van der Waals surface area (Å²) in [6.07, 6.45) is 0.477. The smallest absolute Gasteiger partial charge is 0.254 e. The highest BCUT2D eigenvalue weighted by Gasteiger charge is 2.15. The van der Waals surface area contributed by atoms with E-state index in [0.717, 1.165) is 5.56 Å². The first-order valence-electron chi connectivity index (χ1n) is 7.53. The third-order valence-electron chi connectivity index (χ3n) is 3.66. The molecule has 1 aromatic carbocycles. The van der Waals surface area contributed by atoms with Crippen molar-refractivity contribution < 1.29 is 9.90 Å². The second-order valence-corrected chi connectivity index (χ2v) is 5.43. The molecule has 0 aliphatic heterocycles. The number of benzene rings is 1. The van der Waals surface area contributed by atoms with Crippen LogP contribution in [0.4, 0.5) is 0 Å². The molecule has 1 aromatic heterocycles. The van der Waals surface area contributed by atoms with Crippen LogP contribution in [0.25, 0.3) is 0 Å². The zero-order valence-electron chi connectivity index (χ0n) is 13.3.